The molecule has 0 atom stereocenters. The zero-order valence-electron chi connectivity index (χ0n) is 10.0. The molecule has 1 aliphatic rings. The van der Waals surface area contributed by atoms with Gasteiger partial charge in [-0.1, -0.05) is 35.4 Å². The molecule has 0 unspecified atom stereocenters. The van der Waals surface area contributed by atoms with E-state index in [9.17, 15) is 0 Å². The third kappa shape index (κ3) is 1.65. The number of hydrogen-bond acceptors (Lipinski definition) is 0. The summed E-state index contributed by atoms with van der Waals surface area (Å²) in [5.74, 6) is 0. The molecule has 0 saturated heterocycles. The van der Waals surface area contributed by atoms with Gasteiger partial charge in [0.05, 0.1) is 0 Å². The molecule has 0 nitrogen and oxygen atoms in total. The quantitative estimate of drug-likeness (QED) is 0.628. The van der Waals surface area contributed by atoms with Crippen LogP contribution in [0.25, 0.3) is 5.57 Å². The van der Waals surface area contributed by atoms with Crippen molar-refractivity contribution in [1.29, 1.82) is 0 Å². The van der Waals surface area contributed by atoms with Crippen molar-refractivity contribution in [3.63, 3.8) is 0 Å². The lowest BCUT2D eigenvalue weighted by molar-refractivity contribution is 1.19. The Morgan fingerprint density at radius 3 is 2.40 bits per heavy atom. The first-order valence-electron chi connectivity index (χ1n) is 5.53. The Bertz CT molecular complexity index is 455. The smallest absolute Gasteiger partial charge is 0.00544 e. The molecular weight excluding hydrogens is 180 g/mol. The van der Waals surface area contributed by atoms with Crippen LogP contribution < -0.4 is 0 Å². The molecule has 0 aromatic heterocycles. The molecule has 2 rings (SSSR count). The topological polar surface area (TPSA) is 0 Å². The second-order valence-electron chi connectivity index (χ2n) is 4.61. The Hall–Kier alpha value is -1.30. The summed E-state index contributed by atoms with van der Waals surface area (Å²) in [4.78, 5) is 0. The summed E-state index contributed by atoms with van der Waals surface area (Å²) < 4.78 is 0. The van der Waals surface area contributed by atoms with Gasteiger partial charge in [-0.3, -0.25) is 0 Å². The van der Waals surface area contributed by atoms with E-state index in [1.165, 1.54) is 33.4 Å². The molecule has 0 heteroatoms. The number of fused-ring (bicyclic) bond motifs is 1. The summed E-state index contributed by atoms with van der Waals surface area (Å²) in [6, 6.07) is 8.75. The van der Waals surface area contributed by atoms with E-state index in [-0.39, 0.29) is 0 Å². The van der Waals surface area contributed by atoms with Crippen LogP contribution in [0.15, 0.2) is 41.0 Å². The first-order chi connectivity index (χ1) is 7.11. The van der Waals surface area contributed by atoms with Crippen molar-refractivity contribution in [2.75, 3.05) is 0 Å². The average Bonchev–Trinajstić information content (AvgIpc) is 2.52. The Morgan fingerprint density at radius 2 is 1.73 bits per heavy atom. The van der Waals surface area contributed by atoms with E-state index in [4.69, 9.17) is 0 Å². The van der Waals surface area contributed by atoms with Gasteiger partial charge in [0.25, 0.3) is 0 Å². The molecule has 0 heterocycles. The summed E-state index contributed by atoms with van der Waals surface area (Å²) in [7, 11) is 0. The average molecular weight is 198 g/mol. The Balaban J connectivity index is 2.59. The van der Waals surface area contributed by atoms with Gasteiger partial charge in [0, 0.05) is 0 Å². The highest BCUT2D eigenvalue weighted by Gasteiger charge is 2.19. The molecule has 0 radical (unpaired) electrons. The van der Waals surface area contributed by atoms with Gasteiger partial charge in [-0.05, 0) is 56.4 Å². The summed E-state index contributed by atoms with van der Waals surface area (Å²) in [6.07, 6.45) is 1.12. The van der Waals surface area contributed by atoms with Gasteiger partial charge in [-0.2, -0.15) is 0 Å². The monoisotopic (exact) mass is 198 g/mol. The number of allylic oxidation sites excluding steroid dienone is 4. The van der Waals surface area contributed by atoms with E-state index in [0.29, 0.717) is 0 Å². The van der Waals surface area contributed by atoms with Crippen LogP contribution in [0, 0.1) is 0 Å². The molecule has 0 spiro atoms. The molecule has 1 aliphatic carbocycles. The molecule has 1 aromatic rings. The van der Waals surface area contributed by atoms with Gasteiger partial charge >= 0.3 is 0 Å². The van der Waals surface area contributed by atoms with Crippen LogP contribution in [-0.2, 0) is 6.42 Å². The molecule has 15 heavy (non-hydrogen) atoms. The molecule has 0 bridgehead atoms. The third-order valence-corrected chi connectivity index (χ3v) is 3.29. The van der Waals surface area contributed by atoms with Crippen LogP contribution in [0.2, 0.25) is 0 Å². The maximum atomic E-state index is 2.25. The Kier molecular flexibility index (Phi) is 2.52. The fourth-order valence-electron chi connectivity index (χ4n) is 2.29. The van der Waals surface area contributed by atoms with Crippen LogP contribution in [0.1, 0.15) is 38.8 Å². The second kappa shape index (κ2) is 3.69. The first kappa shape index (κ1) is 10.2. The van der Waals surface area contributed by atoms with Gasteiger partial charge in [-0.25, -0.2) is 0 Å². The van der Waals surface area contributed by atoms with Crippen LogP contribution in [0.4, 0.5) is 0 Å². The maximum absolute atomic E-state index is 2.25. The lowest BCUT2D eigenvalue weighted by Gasteiger charge is -2.09. The Morgan fingerprint density at radius 1 is 1.07 bits per heavy atom. The Labute approximate surface area is 92.3 Å². The molecule has 0 aliphatic heterocycles. The predicted molar refractivity (Wildman–Crippen MR) is 66.8 cm³/mol. The largest absolute Gasteiger partial charge is 0.0729 e. The van der Waals surface area contributed by atoms with Gasteiger partial charge in [0.15, 0.2) is 0 Å². The van der Waals surface area contributed by atoms with E-state index in [2.05, 4.69) is 52.0 Å². The number of rotatable bonds is 1. The minimum absolute atomic E-state index is 1.12. The highest BCUT2D eigenvalue weighted by Crippen LogP contribution is 2.37. The van der Waals surface area contributed by atoms with Crippen molar-refractivity contribution >= 4 is 5.57 Å². The van der Waals surface area contributed by atoms with E-state index >= 15 is 0 Å². The lowest BCUT2D eigenvalue weighted by atomic mass is 9.96. The van der Waals surface area contributed by atoms with Crippen LogP contribution >= 0.6 is 0 Å². The summed E-state index contributed by atoms with van der Waals surface area (Å²) in [5, 5.41) is 0. The van der Waals surface area contributed by atoms with Crippen molar-refractivity contribution < 1.29 is 0 Å². The standard InChI is InChI=1S/C15H18/c1-10(2)12(4)15-11(3)9-13-7-5-6-8-14(13)15/h5-8H,9H2,1-4H3. The first-order valence-corrected chi connectivity index (χ1v) is 5.53. The van der Waals surface area contributed by atoms with Crippen molar-refractivity contribution in [1.82, 2.24) is 0 Å². The van der Waals surface area contributed by atoms with Crippen molar-refractivity contribution in [3.8, 4) is 0 Å². The number of benzene rings is 1. The summed E-state index contributed by atoms with van der Waals surface area (Å²) in [6.45, 7) is 8.87. The van der Waals surface area contributed by atoms with Gasteiger partial charge < -0.3 is 0 Å². The molecular formula is C15H18. The van der Waals surface area contributed by atoms with E-state index in [1.54, 1.807) is 0 Å². The van der Waals surface area contributed by atoms with Gasteiger partial charge in [0.1, 0.15) is 0 Å². The summed E-state index contributed by atoms with van der Waals surface area (Å²) in [5.41, 5.74) is 8.76. The fourth-order valence-corrected chi connectivity index (χ4v) is 2.29. The lowest BCUT2D eigenvalue weighted by Crippen LogP contribution is -1.88. The molecule has 0 saturated carbocycles. The fraction of sp³-hybridized carbons (Fsp3) is 0.333. The minimum atomic E-state index is 1.12. The van der Waals surface area contributed by atoms with Crippen molar-refractivity contribution in [2.24, 2.45) is 0 Å². The van der Waals surface area contributed by atoms with Crippen LogP contribution in [0.5, 0.6) is 0 Å². The predicted octanol–water partition coefficient (Wildman–Crippen LogP) is 4.37. The maximum Gasteiger partial charge on any atom is -0.00544 e. The van der Waals surface area contributed by atoms with Gasteiger partial charge in [0.2, 0.25) is 0 Å². The zero-order valence-corrected chi connectivity index (χ0v) is 10.0. The van der Waals surface area contributed by atoms with Crippen LogP contribution in [-0.4, -0.2) is 0 Å². The highest BCUT2D eigenvalue weighted by atomic mass is 14.2. The van der Waals surface area contributed by atoms with Gasteiger partial charge in [-0.15, -0.1) is 0 Å². The molecule has 0 amide bonds. The van der Waals surface area contributed by atoms with E-state index in [1.807, 2.05) is 0 Å². The van der Waals surface area contributed by atoms with Crippen molar-refractivity contribution in [3.05, 3.63) is 52.1 Å². The minimum Gasteiger partial charge on any atom is -0.0729 e. The SMILES string of the molecule is CC(C)=C(C)C1=C(C)Cc2ccccc21. The highest BCUT2D eigenvalue weighted by molar-refractivity contribution is 5.86. The zero-order chi connectivity index (χ0) is 11.0. The summed E-state index contributed by atoms with van der Waals surface area (Å²) >= 11 is 0. The molecule has 78 valence electrons. The second-order valence-corrected chi connectivity index (χ2v) is 4.61. The van der Waals surface area contributed by atoms with E-state index < -0.39 is 0 Å². The number of hydrogen-bond donors (Lipinski definition) is 0. The molecule has 1 aromatic carbocycles. The van der Waals surface area contributed by atoms with E-state index in [0.717, 1.165) is 6.42 Å². The third-order valence-electron chi connectivity index (χ3n) is 3.29. The van der Waals surface area contributed by atoms with Crippen LogP contribution in [0.3, 0.4) is 0 Å². The van der Waals surface area contributed by atoms with Crippen molar-refractivity contribution in [2.45, 2.75) is 34.1 Å². The normalized spacial score (nSPS) is 14.1. The molecule has 0 fully saturated rings. The molecule has 0 N–H and O–H groups in total.